The highest BCUT2D eigenvalue weighted by atomic mass is 35.5. The number of anilines is 2. The molecule has 0 fully saturated rings. The molecule has 0 aliphatic heterocycles. The number of halogens is 2. The Kier molecular flexibility index (Phi) is 7.49. The number of hydrogen-bond donors (Lipinski definition) is 4. The Hall–Kier alpha value is -2.04. The molecule has 1 aromatic heterocycles. The van der Waals surface area contributed by atoms with Gasteiger partial charge in [-0.3, -0.25) is 0 Å². The van der Waals surface area contributed by atoms with E-state index in [2.05, 4.69) is 27.1 Å². The van der Waals surface area contributed by atoms with Crippen molar-refractivity contribution < 1.29 is 10.2 Å². The fourth-order valence-electron chi connectivity index (χ4n) is 2.27. The van der Waals surface area contributed by atoms with Gasteiger partial charge >= 0.3 is 0 Å². The van der Waals surface area contributed by atoms with Gasteiger partial charge in [0.15, 0.2) is 5.15 Å². The molecule has 0 spiro atoms. The van der Waals surface area contributed by atoms with Crippen LogP contribution < -0.4 is 11.1 Å². The van der Waals surface area contributed by atoms with Crippen molar-refractivity contribution in [3.8, 4) is 11.8 Å². The fourth-order valence-corrected chi connectivity index (χ4v) is 2.68. The molecular formula is C18H20Cl2N4O2. The molecule has 26 heavy (non-hydrogen) atoms. The molecule has 0 saturated heterocycles. The fraction of sp³-hybridized carbons (Fsp3) is 0.333. The molecule has 5 N–H and O–H groups in total. The van der Waals surface area contributed by atoms with Gasteiger partial charge in [0.05, 0.1) is 11.1 Å². The molecule has 0 saturated carbocycles. The summed E-state index contributed by atoms with van der Waals surface area (Å²) in [4.78, 5) is 8.03. The minimum atomic E-state index is -0.760. The maximum atomic E-state index is 10.2. The van der Waals surface area contributed by atoms with Crippen molar-refractivity contribution in [1.82, 2.24) is 9.97 Å². The van der Waals surface area contributed by atoms with E-state index in [1.165, 1.54) is 0 Å². The molecule has 0 amide bonds. The van der Waals surface area contributed by atoms with E-state index < -0.39 is 6.10 Å². The molecule has 8 heteroatoms. The summed E-state index contributed by atoms with van der Waals surface area (Å²) in [5.74, 6) is 5.90. The van der Waals surface area contributed by atoms with Crippen LogP contribution in [-0.2, 0) is 0 Å². The monoisotopic (exact) mass is 394 g/mol. The lowest BCUT2D eigenvalue weighted by Crippen LogP contribution is -2.30. The van der Waals surface area contributed by atoms with Crippen molar-refractivity contribution in [1.29, 1.82) is 0 Å². The van der Waals surface area contributed by atoms with E-state index >= 15 is 0 Å². The lowest BCUT2D eigenvalue weighted by atomic mass is 10.0. The van der Waals surface area contributed by atoms with Gasteiger partial charge in [-0.2, -0.15) is 9.97 Å². The van der Waals surface area contributed by atoms with Crippen molar-refractivity contribution in [2.75, 3.05) is 24.2 Å². The van der Waals surface area contributed by atoms with E-state index in [0.29, 0.717) is 28.4 Å². The summed E-state index contributed by atoms with van der Waals surface area (Å²) >= 11 is 12.3. The average molecular weight is 395 g/mol. The molecule has 2 aromatic rings. The van der Waals surface area contributed by atoms with E-state index in [1.54, 1.807) is 12.1 Å². The number of benzene rings is 1. The van der Waals surface area contributed by atoms with Crippen molar-refractivity contribution in [3.05, 3.63) is 45.6 Å². The zero-order chi connectivity index (χ0) is 19.1. The second-order valence-electron chi connectivity index (χ2n) is 5.63. The maximum Gasteiger partial charge on any atom is 0.223 e. The summed E-state index contributed by atoms with van der Waals surface area (Å²) in [7, 11) is 0. The molecule has 2 unspecified atom stereocenters. The molecule has 0 radical (unpaired) electrons. The molecule has 0 aliphatic rings. The first-order chi connectivity index (χ1) is 12.5. The Labute approximate surface area is 162 Å². The van der Waals surface area contributed by atoms with Gasteiger partial charge in [0.2, 0.25) is 5.95 Å². The van der Waals surface area contributed by atoms with E-state index in [9.17, 15) is 10.2 Å². The van der Waals surface area contributed by atoms with E-state index in [4.69, 9.17) is 28.9 Å². The summed E-state index contributed by atoms with van der Waals surface area (Å²) < 4.78 is 0. The lowest BCUT2D eigenvalue weighted by molar-refractivity contribution is 0.0742. The van der Waals surface area contributed by atoms with Crippen LogP contribution in [0.1, 0.15) is 24.5 Å². The first-order valence-corrected chi connectivity index (χ1v) is 8.84. The van der Waals surface area contributed by atoms with Gasteiger partial charge in [-0.05, 0) is 18.6 Å². The Bertz CT molecular complexity index is 817. The van der Waals surface area contributed by atoms with Gasteiger partial charge in [-0.25, -0.2) is 0 Å². The van der Waals surface area contributed by atoms with Gasteiger partial charge in [0.25, 0.3) is 0 Å². The van der Waals surface area contributed by atoms with Gasteiger partial charge in [0, 0.05) is 24.6 Å². The third-order valence-electron chi connectivity index (χ3n) is 3.86. The average Bonchev–Trinajstić information content (AvgIpc) is 2.61. The highest BCUT2D eigenvalue weighted by molar-refractivity contribution is 6.32. The van der Waals surface area contributed by atoms with Crippen LogP contribution in [0.4, 0.5) is 11.8 Å². The zero-order valence-corrected chi connectivity index (χ0v) is 15.7. The van der Waals surface area contributed by atoms with Crippen LogP contribution >= 0.6 is 23.2 Å². The molecule has 2 atom stereocenters. The molecule has 1 heterocycles. The van der Waals surface area contributed by atoms with E-state index in [0.717, 1.165) is 0 Å². The van der Waals surface area contributed by atoms with Gasteiger partial charge in [0.1, 0.15) is 11.4 Å². The number of aliphatic hydroxyl groups excluding tert-OH is 2. The minimum absolute atomic E-state index is 0.00974. The van der Waals surface area contributed by atoms with Crippen molar-refractivity contribution >= 4 is 35.0 Å². The van der Waals surface area contributed by atoms with Crippen LogP contribution in [0, 0.1) is 17.8 Å². The predicted molar refractivity (Wildman–Crippen MR) is 104 cm³/mol. The third kappa shape index (κ3) is 5.23. The van der Waals surface area contributed by atoms with E-state index in [1.807, 2.05) is 19.1 Å². The second kappa shape index (κ2) is 9.60. The number of aromatic nitrogens is 2. The smallest absolute Gasteiger partial charge is 0.223 e. The summed E-state index contributed by atoms with van der Waals surface area (Å²) in [6.07, 6.45) is -0.116. The van der Waals surface area contributed by atoms with Gasteiger partial charge in [-0.15, -0.1) is 0 Å². The van der Waals surface area contributed by atoms with E-state index in [-0.39, 0.29) is 30.2 Å². The molecule has 0 bridgehead atoms. The summed E-state index contributed by atoms with van der Waals surface area (Å²) in [6.45, 7) is 1.95. The zero-order valence-electron chi connectivity index (χ0n) is 14.2. The Balaban J connectivity index is 2.29. The number of nitrogens with zero attached hydrogens (tertiary/aromatic N) is 2. The number of aliphatic hydroxyl groups is 2. The van der Waals surface area contributed by atoms with Gasteiger partial charge < -0.3 is 21.3 Å². The third-order valence-corrected chi connectivity index (χ3v) is 4.46. The van der Waals surface area contributed by atoms with Crippen molar-refractivity contribution in [2.45, 2.75) is 19.4 Å². The van der Waals surface area contributed by atoms with Crippen LogP contribution in [-0.4, -0.2) is 39.4 Å². The van der Waals surface area contributed by atoms with Crippen LogP contribution in [0.25, 0.3) is 0 Å². The Morgan fingerprint density at radius 2 is 1.96 bits per heavy atom. The molecule has 6 nitrogen and oxygen atoms in total. The topological polar surface area (TPSA) is 104 Å². The number of hydrogen-bond acceptors (Lipinski definition) is 6. The normalized spacial score (nSPS) is 12.8. The standard InChI is InChI=1S/C18H20Cl2N4O2/c1-2-11(10-25)15(26)9-22-17-13(16(20)23-18(21)24-17)8-7-12-5-3-4-6-14(12)19/h3-6,11,15,25-26H,2,9-10H2,1H3,(H3,21,22,23,24). The number of rotatable bonds is 6. The first-order valence-electron chi connectivity index (χ1n) is 8.08. The predicted octanol–water partition coefficient (Wildman–Crippen LogP) is 2.56. The van der Waals surface area contributed by atoms with Crippen LogP contribution in [0.15, 0.2) is 24.3 Å². The Morgan fingerprint density at radius 1 is 1.23 bits per heavy atom. The molecule has 138 valence electrons. The molecule has 2 rings (SSSR count). The SMILES string of the molecule is CCC(CO)C(O)CNc1nc(N)nc(Cl)c1C#Cc1ccccc1Cl. The molecule has 0 aliphatic carbocycles. The van der Waals surface area contributed by atoms with Crippen LogP contribution in [0.5, 0.6) is 0 Å². The largest absolute Gasteiger partial charge is 0.396 e. The summed E-state index contributed by atoms with van der Waals surface area (Å²) in [5, 5.41) is 23.0. The van der Waals surface area contributed by atoms with Crippen LogP contribution in [0.3, 0.4) is 0 Å². The van der Waals surface area contributed by atoms with Gasteiger partial charge in [-0.1, -0.05) is 54.1 Å². The Morgan fingerprint density at radius 3 is 2.62 bits per heavy atom. The second-order valence-corrected chi connectivity index (χ2v) is 6.39. The highest BCUT2D eigenvalue weighted by Gasteiger charge is 2.18. The van der Waals surface area contributed by atoms with Crippen LogP contribution in [0.2, 0.25) is 10.2 Å². The van der Waals surface area contributed by atoms with Crippen molar-refractivity contribution in [3.63, 3.8) is 0 Å². The first kappa shape index (κ1) is 20.3. The molecule has 1 aromatic carbocycles. The quantitative estimate of drug-likeness (QED) is 0.443. The van der Waals surface area contributed by atoms with Crippen molar-refractivity contribution in [2.24, 2.45) is 5.92 Å². The summed E-state index contributed by atoms with van der Waals surface area (Å²) in [5.41, 5.74) is 6.65. The summed E-state index contributed by atoms with van der Waals surface area (Å²) in [6, 6.07) is 7.16. The maximum absolute atomic E-state index is 10.2. The highest BCUT2D eigenvalue weighted by Crippen LogP contribution is 2.22. The lowest BCUT2D eigenvalue weighted by Gasteiger charge is -2.20. The number of nitrogens with one attached hydrogen (secondary N) is 1. The minimum Gasteiger partial charge on any atom is -0.396 e. The number of nitrogens with two attached hydrogens (primary N) is 1. The molecular weight excluding hydrogens is 375 g/mol. The number of nitrogen functional groups attached to an aromatic ring is 1.